The number of rotatable bonds is 4. The van der Waals surface area contributed by atoms with Crippen LogP contribution in [0.5, 0.6) is 5.75 Å². The Hall–Kier alpha value is -0.320. The second-order valence-corrected chi connectivity index (χ2v) is 5.09. The number of ether oxygens (including phenoxy) is 1. The molecule has 16 heavy (non-hydrogen) atoms. The first-order chi connectivity index (χ1) is 7.45. The van der Waals surface area contributed by atoms with Crippen LogP contribution in [0.4, 0.5) is 4.39 Å². The summed E-state index contributed by atoms with van der Waals surface area (Å²) in [5, 5.41) is 0.0630. The highest BCUT2D eigenvalue weighted by Gasteiger charge is 2.16. The molecule has 0 amide bonds. The standard InChI is InChI=1S/C11H14BrClFNO/c1-6(2)11(5-15)16-10-4-9(14)8(13)3-7(10)12/h3-4,6,11H,5,15H2,1-2H3. The van der Waals surface area contributed by atoms with Gasteiger partial charge >= 0.3 is 0 Å². The molecule has 0 saturated carbocycles. The van der Waals surface area contributed by atoms with Crippen molar-refractivity contribution < 1.29 is 9.13 Å². The molecule has 2 nitrogen and oxygen atoms in total. The molecular formula is C11H14BrClFNO. The number of halogens is 3. The van der Waals surface area contributed by atoms with Crippen LogP contribution in [0, 0.1) is 11.7 Å². The molecule has 1 unspecified atom stereocenters. The van der Waals surface area contributed by atoms with Crippen molar-refractivity contribution in [3.63, 3.8) is 0 Å². The lowest BCUT2D eigenvalue weighted by Crippen LogP contribution is -2.31. The van der Waals surface area contributed by atoms with Crippen LogP contribution < -0.4 is 10.5 Å². The molecule has 0 aliphatic carbocycles. The number of hydrogen-bond acceptors (Lipinski definition) is 2. The zero-order valence-corrected chi connectivity index (χ0v) is 11.5. The minimum absolute atomic E-state index is 0.0630. The summed E-state index contributed by atoms with van der Waals surface area (Å²) in [7, 11) is 0. The zero-order valence-electron chi connectivity index (χ0n) is 9.14. The third-order valence-corrected chi connectivity index (χ3v) is 3.14. The lowest BCUT2D eigenvalue weighted by Gasteiger charge is -2.21. The van der Waals surface area contributed by atoms with E-state index in [-0.39, 0.29) is 17.0 Å². The van der Waals surface area contributed by atoms with Gasteiger partial charge in [0.2, 0.25) is 0 Å². The molecule has 0 radical (unpaired) electrons. The first kappa shape index (κ1) is 13.7. The molecule has 0 aliphatic rings. The van der Waals surface area contributed by atoms with Crippen molar-refractivity contribution in [3.05, 3.63) is 27.4 Å². The SMILES string of the molecule is CC(C)C(CN)Oc1cc(F)c(Cl)cc1Br. The fraction of sp³-hybridized carbons (Fsp3) is 0.455. The second kappa shape index (κ2) is 5.84. The van der Waals surface area contributed by atoms with Crippen LogP contribution in [0.1, 0.15) is 13.8 Å². The lowest BCUT2D eigenvalue weighted by atomic mass is 10.1. The van der Waals surface area contributed by atoms with Gasteiger partial charge in [-0.15, -0.1) is 0 Å². The lowest BCUT2D eigenvalue weighted by molar-refractivity contribution is 0.157. The van der Waals surface area contributed by atoms with Crippen LogP contribution >= 0.6 is 27.5 Å². The van der Waals surface area contributed by atoms with Gasteiger partial charge in [-0.2, -0.15) is 0 Å². The normalized spacial score (nSPS) is 12.9. The molecular weight excluding hydrogens is 296 g/mol. The third-order valence-electron chi connectivity index (χ3n) is 2.23. The number of hydrogen-bond donors (Lipinski definition) is 1. The van der Waals surface area contributed by atoms with Crippen LogP contribution in [-0.2, 0) is 0 Å². The van der Waals surface area contributed by atoms with Crippen molar-refractivity contribution >= 4 is 27.5 Å². The molecule has 0 aliphatic heterocycles. The maximum Gasteiger partial charge on any atom is 0.145 e. The van der Waals surface area contributed by atoms with Gasteiger partial charge in [-0.25, -0.2) is 4.39 Å². The highest BCUT2D eigenvalue weighted by atomic mass is 79.9. The van der Waals surface area contributed by atoms with Gasteiger partial charge in [-0.1, -0.05) is 25.4 Å². The van der Waals surface area contributed by atoms with Gasteiger partial charge in [0.05, 0.1) is 9.50 Å². The Morgan fingerprint density at radius 2 is 2.12 bits per heavy atom. The van der Waals surface area contributed by atoms with Crippen molar-refractivity contribution in [2.24, 2.45) is 11.7 Å². The van der Waals surface area contributed by atoms with E-state index in [2.05, 4.69) is 15.9 Å². The van der Waals surface area contributed by atoms with Crippen molar-refractivity contribution in [2.45, 2.75) is 20.0 Å². The Bertz CT molecular complexity index is 373. The van der Waals surface area contributed by atoms with E-state index < -0.39 is 5.82 Å². The summed E-state index contributed by atoms with van der Waals surface area (Å²) in [6.07, 6.45) is -0.142. The maximum absolute atomic E-state index is 13.3. The molecule has 1 aromatic rings. The minimum atomic E-state index is -0.501. The second-order valence-electron chi connectivity index (χ2n) is 3.83. The molecule has 1 rings (SSSR count). The van der Waals surface area contributed by atoms with Crippen LogP contribution in [0.15, 0.2) is 16.6 Å². The fourth-order valence-corrected chi connectivity index (χ4v) is 1.95. The van der Waals surface area contributed by atoms with Gasteiger partial charge < -0.3 is 10.5 Å². The minimum Gasteiger partial charge on any atom is -0.488 e. The molecule has 5 heteroatoms. The number of nitrogens with two attached hydrogens (primary N) is 1. The molecule has 90 valence electrons. The molecule has 1 atom stereocenters. The smallest absolute Gasteiger partial charge is 0.145 e. The van der Waals surface area contributed by atoms with Gasteiger partial charge in [-0.05, 0) is 27.9 Å². The quantitative estimate of drug-likeness (QED) is 0.862. The van der Waals surface area contributed by atoms with E-state index in [1.807, 2.05) is 13.8 Å². The van der Waals surface area contributed by atoms with Crippen molar-refractivity contribution in [1.82, 2.24) is 0 Å². The van der Waals surface area contributed by atoms with Gasteiger partial charge in [0.15, 0.2) is 0 Å². The summed E-state index contributed by atoms with van der Waals surface area (Å²) in [5.74, 6) is 0.182. The first-order valence-electron chi connectivity index (χ1n) is 4.97. The molecule has 0 spiro atoms. The Morgan fingerprint density at radius 3 is 2.62 bits per heavy atom. The monoisotopic (exact) mass is 309 g/mol. The Labute approximate surface area is 108 Å². The summed E-state index contributed by atoms with van der Waals surface area (Å²) in [6, 6.07) is 2.73. The van der Waals surface area contributed by atoms with E-state index in [1.165, 1.54) is 12.1 Å². The Balaban J connectivity index is 2.92. The van der Waals surface area contributed by atoms with Crippen LogP contribution in [-0.4, -0.2) is 12.6 Å². The van der Waals surface area contributed by atoms with Gasteiger partial charge in [0.25, 0.3) is 0 Å². The molecule has 0 fully saturated rings. The fourth-order valence-electron chi connectivity index (χ4n) is 1.21. The number of benzene rings is 1. The summed E-state index contributed by atoms with van der Waals surface area (Å²) in [4.78, 5) is 0. The largest absolute Gasteiger partial charge is 0.488 e. The average Bonchev–Trinajstić information content (AvgIpc) is 2.21. The topological polar surface area (TPSA) is 35.2 Å². The summed E-state index contributed by atoms with van der Waals surface area (Å²) in [5.41, 5.74) is 5.58. The van der Waals surface area contributed by atoms with Crippen LogP contribution in [0.25, 0.3) is 0 Å². The van der Waals surface area contributed by atoms with Gasteiger partial charge in [-0.3, -0.25) is 0 Å². The zero-order chi connectivity index (χ0) is 12.3. The summed E-state index contributed by atoms with van der Waals surface area (Å²) < 4.78 is 19.5. The predicted octanol–water partition coefficient (Wildman–Crippen LogP) is 3.60. The molecule has 1 aromatic carbocycles. The average molecular weight is 311 g/mol. The maximum atomic E-state index is 13.3. The first-order valence-corrected chi connectivity index (χ1v) is 6.14. The van der Waals surface area contributed by atoms with Crippen molar-refractivity contribution in [3.8, 4) is 5.75 Å². The van der Waals surface area contributed by atoms with E-state index in [1.54, 1.807) is 0 Å². The Morgan fingerprint density at radius 1 is 1.50 bits per heavy atom. The third kappa shape index (κ3) is 3.34. The van der Waals surface area contributed by atoms with E-state index in [0.717, 1.165) is 0 Å². The molecule has 2 N–H and O–H groups in total. The van der Waals surface area contributed by atoms with Gasteiger partial charge in [0.1, 0.15) is 17.7 Å². The van der Waals surface area contributed by atoms with Crippen LogP contribution in [0.2, 0.25) is 5.02 Å². The van der Waals surface area contributed by atoms with Crippen molar-refractivity contribution in [2.75, 3.05) is 6.54 Å². The molecule has 0 bridgehead atoms. The predicted molar refractivity (Wildman–Crippen MR) is 67.4 cm³/mol. The van der Waals surface area contributed by atoms with Crippen molar-refractivity contribution in [1.29, 1.82) is 0 Å². The highest BCUT2D eigenvalue weighted by Crippen LogP contribution is 2.31. The molecule has 0 saturated heterocycles. The molecule has 0 aromatic heterocycles. The Kier molecular flexibility index (Phi) is 5.02. The van der Waals surface area contributed by atoms with E-state index in [9.17, 15) is 4.39 Å². The molecule has 0 heterocycles. The van der Waals surface area contributed by atoms with Gasteiger partial charge in [0, 0.05) is 12.6 Å². The van der Waals surface area contributed by atoms with E-state index >= 15 is 0 Å². The van der Waals surface area contributed by atoms with Crippen LogP contribution in [0.3, 0.4) is 0 Å². The van der Waals surface area contributed by atoms with E-state index in [0.29, 0.717) is 16.8 Å². The highest BCUT2D eigenvalue weighted by molar-refractivity contribution is 9.10. The summed E-state index contributed by atoms with van der Waals surface area (Å²) in [6.45, 7) is 4.38. The van der Waals surface area contributed by atoms with E-state index in [4.69, 9.17) is 22.1 Å². The summed E-state index contributed by atoms with van der Waals surface area (Å²) >= 11 is 8.90.